The molecular formula is C17H26N4OS. The first kappa shape index (κ1) is 16.7. The van der Waals surface area contributed by atoms with Crippen LogP contribution in [0.3, 0.4) is 0 Å². The highest BCUT2D eigenvalue weighted by molar-refractivity contribution is 7.99. The lowest BCUT2D eigenvalue weighted by molar-refractivity contribution is -0.127. The lowest BCUT2D eigenvalue weighted by atomic mass is 9.93. The number of carbonyl (C=O) groups excluding carboxylic acids is 1. The zero-order valence-corrected chi connectivity index (χ0v) is 14.9. The summed E-state index contributed by atoms with van der Waals surface area (Å²) in [6.45, 7) is 5.14. The number of fused-ring (bicyclic) bond motifs is 1. The Labute approximate surface area is 142 Å². The van der Waals surface area contributed by atoms with Crippen molar-refractivity contribution in [3.05, 3.63) is 18.0 Å². The average molecular weight is 334 g/mol. The van der Waals surface area contributed by atoms with Gasteiger partial charge >= 0.3 is 0 Å². The number of hydrogen-bond acceptors (Lipinski definition) is 5. The molecular weight excluding hydrogens is 308 g/mol. The molecule has 0 saturated carbocycles. The summed E-state index contributed by atoms with van der Waals surface area (Å²) in [6, 6.07) is 0.451. The summed E-state index contributed by atoms with van der Waals surface area (Å²) < 4.78 is 0. The van der Waals surface area contributed by atoms with Crippen molar-refractivity contribution in [1.29, 1.82) is 0 Å². The van der Waals surface area contributed by atoms with Crippen molar-refractivity contribution in [2.75, 3.05) is 25.9 Å². The van der Waals surface area contributed by atoms with E-state index in [1.54, 1.807) is 11.8 Å². The number of amides is 1. The fourth-order valence-electron chi connectivity index (χ4n) is 3.57. The summed E-state index contributed by atoms with van der Waals surface area (Å²) in [7, 11) is 1.95. The molecule has 1 amide bonds. The number of hydrogen-bond donors (Lipinski definition) is 0. The highest BCUT2D eigenvalue weighted by atomic mass is 32.2. The molecule has 6 heteroatoms. The quantitative estimate of drug-likeness (QED) is 0.454. The number of carbonyl (C=O) groups is 1. The monoisotopic (exact) mass is 334 g/mol. The van der Waals surface area contributed by atoms with E-state index >= 15 is 0 Å². The van der Waals surface area contributed by atoms with E-state index in [-0.39, 0.29) is 0 Å². The lowest BCUT2D eigenvalue weighted by Gasteiger charge is -2.36. The molecule has 0 N–H and O–H groups in total. The molecule has 23 heavy (non-hydrogen) atoms. The maximum Gasteiger partial charge on any atom is 0.222 e. The Kier molecular flexibility index (Phi) is 5.54. The van der Waals surface area contributed by atoms with Gasteiger partial charge in [0.25, 0.3) is 0 Å². The molecule has 2 atom stereocenters. The molecule has 3 rings (SSSR count). The summed E-state index contributed by atoms with van der Waals surface area (Å²) in [4.78, 5) is 25.2. The van der Waals surface area contributed by atoms with Crippen molar-refractivity contribution < 1.29 is 4.79 Å². The van der Waals surface area contributed by atoms with E-state index in [0.717, 1.165) is 37.0 Å². The second-order valence-corrected chi connectivity index (χ2v) is 7.70. The zero-order chi connectivity index (χ0) is 16.2. The van der Waals surface area contributed by atoms with E-state index in [0.29, 0.717) is 24.3 Å². The summed E-state index contributed by atoms with van der Waals surface area (Å²) >= 11 is 1.73. The highest BCUT2D eigenvalue weighted by Crippen LogP contribution is 2.31. The van der Waals surface area contributed by atoms with Crippen molar-refractivity contribution in [2.24, 2.45) is 5.92 Å². The number of nitrogens with zero attached hydrogens (tertiary/aromatic N) is 4. The minimum Gasteiger partial charge on any atom is -0.342 e. The number of thioether (sulfide) groups is 1. The number of aromatic nitrogens is 2. The largest absolute Gasteiger partial charge is 0.342 e. The van der Waals surface area contributed by atoms with Gasteiger partial charge in [-0.25, -0.2) is 9.97 Å². The van der Waals surface area contributed by atoms with Gasteiger partial charge in [-0.2, -0.15) is 0 Å². The topological polar surface area (TPSA) is 49.3 Å². The van der Waals surface area contributed by atoms with Crippen LogP contribution in [0.2, 0.25) is 0 Å². The second-order valence-electron chi connectivity index (χ2n) is 6.64. The molecule has 0 unspecified atom stereocenters. The number of unbranched alkanes of at least 4 members (excludes halogenated alkanes) is 1. The van der Waals surface area contributed by atoms with Crippen LogP contribution in [-0.4, -0.2) is 57.6 Å². The summed E-state index contributed by atoms with van der Waals surface area (Å²) in [5.74, 6) is 1.89. The van der Waals surface area contributed by atoms with Crippen molar-refractivity contribution in [3.8, 4) is 0 Å². The fraction of sp³-hybridized carbons (Fsp3) is 0.706. The minimum atomic E-state index is 0.304. The third kappa shape index (κ3) is 4.04. The number of piperidine rings is 1. The third-order valence-electron chi connectivity index (χ3n) is 4.92. The average Bonchev–Trinajstić information content (AvgIpc) is 2.83. The third-order valence-corrected chi connectivity index (χ3v) is 5.88. The smallest absolute Gasteiger partial charge is 0.222 e. The van der Waals surface area contributed by atoms with Crippen LogP contribution in [-0.2, 0) is 11.3 Å². The normalized spacial score (nSPS) is 25.0. The molecule has 2 aliphatic rings. The second kappa shape index (κ2) is 7.62. The summed E-state index contributed by atoms with van der Waals surface area (Å²) in [5.41, 5.74) is 1.17. The van der Waals surface area contributed by atoms with E-state index in [1.165, 1.54) is 18.4 Å². The van der Waals surface area contributed by atoms with Gasteiger partial charge in [0.2, 0.25) is 5.91 Å². The van der Waals surface area contributed by atoms with Crippen LogP contribution in [0.4, 0.5) is 0 Å². The molecule has 1 aromatic rings. The Morgan fingerprint density at radius 3 is 2.87 bits per heavy atom. The summed E-state index contributed by atoms with van der Waals surface area (Å²) in [5, 5.41) is 0.879. The maximum absolute atomic E-state index is 11.8. The van der Waals surface area contributed by atoms with Gasteiger partial charge in [0.1, 0.15) is 0 Å². The minimum absolute atomic E-state index is 0.304. The van der Waals surface area contributed by atoms with Crippen LogP contribution >= 0.6 is 11.8 Å². The molecule has 3 heterocycles. The van der Waals surface area contributed by atoms with E-state index in [2.05, 4.69) is 21.8 Å². The van der Waals surface area contributed by atoms with Crippen molar-refractivity contribution in [1.82, 2.24) is 19.8 Å². The fourth-order valence-corrected chi connectivity index (χ4v) is 4.44. The molecule has 5 nitrogen and oxygen atoms in total. The summed E-state index contributed by atoms with van der Waals surface area (Å²) in [6.07, 6.45) is 8.12. The van der Waals surface area contributed by atoms with Gasteiger partial charge in [-0.1, -0.05) is 25.1 Å². The SMILES string of the molecule is CCCCSc1ncc(CN2CC[C@H]3[C@H](CC(=O)N3C)C2)cn1. The maximum atomic E-state index is 11.8. The Morgan fingerprint density at radius 2 is 2.13 bits per heavy atom. The van der Waals surface area contributed by atoms with Crippen LogP contribution in [0.15, 0.2) is 17.6 Å². The Balaban J connectivity index is 1.51. The molecule has 0 radical (unpaired) electrons. The van der Waals surface area contributed by atoms with Gasteiger partial charge in [-0.05, 0) is 12.8 Å². The highest BCUT2D eigenvalue weighted by Gasteiger charge is 2.40. The predicted molar refractivity (Wildman–Crippen MR) is 92.2 cm³/mol. The van der Waals surface area contributed by atoms with Crippen molar-refractivity contribution in [3.63, 3.8) is 0 Å². The van der Waals surface area contributed by atoms with Crippen LogP contribution in [0, 0.1) is 5.92 Å². The number of rotatable bonds is 6. The molecule has 0 aliphatic carbocycles. The molecule has 0 spiro atoms. The Hall–Kier alpha value is -1.14. The van der Waals surface area contributed by atoms with Crippen LogP contribution in [0.25, 0.3) is 0 Å². The van der Waals surface area contributed by atoms with Gasteiger partial charge in [-0.15, -0.1) is 0 Å². The Morgan fingerprint density at radius 1 is 1.35 bits per heavy atom. The molecule has 0 aromatic carbocycles. The van der Waals surface area contributed by atoms with Crippen LogP contribution < -0.4 is 0 Å². The lowest BCUT2D eigenvalue weighted by Crippen LogP contribution is -2.44. The van der Waals surface area contributed by atoms with Gasteiger partial charge in [0, 0.05) is 68.8 Å². The first-order valence-electron chi connectivity index (χ1n) is 8.59. The van der Waals surface area contributed by atoms with E-state index < -0.39 is 0 Å². The Bertz CT molecular complexity index is 536. The number of likely N-dealkylation sites (tertiary alicyclic amines) is 2. The molecule has 126 valence electrons. The van der Waals surface area contributed by atoms with Crippen molar-refractivity contribution >= 4 is 17.7 Å². The van der Waals surface area contributed by atoms with Crippen molar-refractivity contribution in [2.45, 2.75) is 50.4 Å². The van der Waals surface area contributed by atoms with Crippen LogP contribution in [0.1, 0.15) is 38.2 Å². The van der Waals surface area contributed by atoms with Crippen LogP contribution in [0.5, 0.6) is 0 Å². The van der Waals surface area contributed by atoms with Gasteiger partial charge < -0.3 is 4.90 Å². The molecule has 1 aromatic heterocycles. The van der Waals surface area contributed by atoms with Gasteiger partial charge in [0.05, 0.1) is 0 Å². The molecule has 2 saturated heterocycles. The van der Waals surface area contributed by atoms with E-state index in [9.17, 15) is 4.79 Å². The van der Waals surface area contributed by atoms with E-state index in [4.69, 9.17) is 0 Å². The first-order chi connectivity index (χ1) is 11.2. The van der Waals surface area contributed by atoms with E-state index in [1.807, 2.05) is 24.3 Å². The molecule has 2 fully saturated rings. The molecule has 0 bridgehead atoms. The zero-order valence-electron chi connectivity index (χ0n) is 14.1. The van der Waals surface area contributed by atoms with Gasteiger partial charge in [0.15, 0.2) is 5.16 Å². The molecule has 2 aliphatic heterocycles. The predicted octanol–water partition coefficient (Wildman–Crippen LogP) is 2.42. The van der Waals surface area contributed by atoms with Gasteiger partial charge in [-0.3, -0.25) is 9.69 Å². The standard InChI is InChI=1S/C17H26N4OS/c1-3-4-7-23-17-18-9-13(10-19-17)11-21-6-5-15-14(12-21)8-16(22)20(15)2/h9-10,14-15H,3-8,11-12H2,1-2H3/t14-,15+/m1/s1. The first-order valence-corrected chi connectivity index (χ1v) is 9.57.